The average Bonchev–Trinajstić information content (AvgIpc) is 2.69. The molecule has 1 aromatic heterocycles. The van der Waals surface area contributed by atoms with E-state index < -0.39 is 11.7 Å². The number of ether oxygens (including phenoxy) is 1. The van der Waals surface area contributed by atoms with E-state index in [1.807, 2.05) is 63.1 Å². The van der Waals surface area contributed by atoms with Gasteiger partial charge in [-0.15, -0.1) is 13.2 Å². The Kier molecular flexibility index (Phi) is 8.63. The van der Waals surface area contributed by atoms with Gasteiger partial charge in [-0.05, 0) is 57.7 Å². The van der Waals surface area contributed by atoms with E-state index in [1.165, 1.54) is 11.1 Å². The summed E-state index contributed by atoms with van der Waals surface area (Å²) in [7, 11) is 1.84. The summed E-state index contributed by atoms with van der Waals surface area (Å²) in [5.74, 6) is 0.690. The van der Waals surface area contributed by atoms with Crippen LogP contribution in [-0.2, 0) is 11.2 Å². The normalized spacial score (nSPS) is 11.0. The third kappa shape index (κ3) is 7.10. The Labute approximate surface area is 190 Å². The molecule has 1 heterocycles. The molecule has 2 aromatic rings. The van der Waals surface area contributed by atoms with Crippen molar-refractivity contribution in [2.45, 2.75) is 45.6 Å². The van der Waals surface area contributed by atoms with E-state index >= 15 is 0 Å². The smallest absolute Gasteiger partial charge is 0.421 e. The Bertz CT molecular complexity index is 924. The number of likely N-dealkylation sites (N-methyl/N-ethyl adjacent to an activating group) is 1. The first-order chi connectivity index (χ1) is 14.7. The van der Waals surface area contributed by atoms with Gasteiger partial charge in [-0.3, -0.25) is 0 Å². The second kappa shape index (κ2) is 11.0. The molecule has 0 bridgehead atoms. The number of unbranched alkanes of at least 4 members (excludes halogenated alkanes) is 1. The molecule has 0 saturated heterocycles. The van der Waals surface area contributed by atoms with Gasteiger partial charge in [0.25, 0.3) is 0 Å². The molecule has 31 heavy (non-hydrogen) atoms. The fourth-order valence-electron chi connectivity index (χ4n) is 2.92. The quantitative estimate of drug-likeness (QED) is 0.335. The molecule has 0 N–H and O–H groups in total. The lowest BCUT2D eigenvalue weighted by atomic mass is 10.1. The minimum Gasteiger partial charge on any atom is -0.443 e. The molecule has 0 spiro atoms. The van der Waals surface area contributed by atoms with Gasteiger partial charge in [0.1, 0.15) is 10.6 Å². The molecule has 0 aliphatic rings. The second-order valence-corrected chi connectivity index (χ2v) is 8.58. The van der Waals surface area contributed by atoms with Crippen molar-refractivity contribution in [3.63, 3.8) is 0 Å². The van der Waals surface area contributed by atoms with Crippen LogP contribution in [0.4, 0.5) is 22.2 Å². The average molecular weight is 443 g/mol. The summed E-state index contributed by atoms with van der Waals surface area (Å²) in [4.78, 5) is 25.3. The predicted octanol–water partition coefficient (Wildman–Crippen LogP) is 6.33. The van der Waals surface area contributed by atoms with Gasteiger partial charge in [-0.25, -0.2) is 14.7 Å². The van der Waals surface area contributed by atoms with E-state index in [-0.39, 0.29) is 5.95 Å². The lowest BCUT2D eigenvalue weighted by Crippen LogP contribution is -2.35. The Balaban J connectivity index is 2.51. The molecule has 0 aliphatic carbocycles. The zero-order valence-corrected chi connectivity index (χ0v) is 19.5. The highest BCUT2D eigenvalue weighted by atomic mass is 35.5. The van der Waals surface area contributed by atoms with Crippen molar-refractivity contribution in [3.05, 3.63) is 66.4 Å². The van der Waals surface area contributed by atoms with Crippen LogP contribution in [0.25, 0.3) is 0 Å². The van der Waals surface area contributed by atoms with E-state index in [0.29, 0.717) is 23.1 Å². The number of benzene rings is 1. The van der Waals surface area contributed by atoms with Crippen LogP contribution >= 0.6 is 11.6 Å². The first-order valence-electron chi connectivity index (χ1n) is 10.2. The molecule has 166 valence electrons. The maximum Gasteiger partial charge on any atom is 0.421 e. The van der Waals surface area contributed by atoms with Gasteiger partial charge in [-0.1, -0.05) is 35.9 Å². The van der Waals surface area contributed by atoms with Crippen molar-refractivity contribution in [2.75, 3.05) is 23.4 Å². The number of nitrogens with zero attached hydrogens (tertiary/aromatic N) is 4. The van der Waals surface area contributed by atoms with Crippen molar-refractivity contribution < 1.29 is 9.53 Å². The monoisotopic (exact) mass is 442 g/mol. The topological polar surface area (TPSA) is 58.6 Å². The molecular weight excluding hydrogens is 412 g/mol. The summed E-state index contributed by atoms with van der Waals surface area (Å²) >= 11 is 6.32. The molecule has 2 rings (SSSR count). The standard InChI is InChI=1S/C24H31ClN4O2/c1-7-9-10-12-18-13-11-14-19(16-18)29(23(30)31-24(3,4)5)22-26-17-20(25)21(27-22)28(6)15-8-2/h7-8,11,13-14,16-17H,1-2,9-10,12,15H2,3-6H3. The number of amides is 1. The number of rotatable bonds is 9. The van der Waals surface area contributed by atoms with Gasteiger partial charge in [0.2, 0.25) is 5.95 Å². The number of halogens is 1. The van der Waals surface area contributed by atoms with Crippen LogP contribution in [-0.4, -0.2) is 35.3 Å². The van der Waals surface area contributed by atoms with Crippen molar-refractivity contribution in [1.82, 2.24) is 9.97 Å². The van der Waals surface area contributed by atoms with E-state index in [4.69, 9.17) is 16.3 Å². The molecule has 0 fully saturated rings. The number of anilines is 3. The minimum absolute atomic E-state index is 0.188. The Morgan fingerprint density at radius 1 is 1.26 bits per heavy atom. The van der Waals surface area contributed by atoms with Gasteiger partial charge in [0, 0.05) is 13.6 Å². The van der Waals surface area contributed by atoms with Crippen molar-refractivity contribution >= 4 is 35.1 Å². The Morgan fingerprint density at radius 2 is 2.00 bits per heavy atom. The summed E-state index contributed by atoms with van der Waals surface area (Å²) < 4.78 is 5.66. The van der Waals surface area contributed by atoms with Crippen molar-refractivity contribution in [1.29, 1.82) is 0 Å². The first-order valence-corrected chi connectivity index (χ1v) is 10.6. The summed E-state index contributed by atoms with van der Waals surface area (Å²) in [6.45, 7) is 13.5. The van der Waals surface area contributed by atoms with Gasteiger partial charge >= 0.3 is 6.09 Å². The molecule has 1 aromatic carbocycles. The van der Waals surface area contributed by atoms with Gasteiger partial charge in [-0.2, -0.15) is 4.98 Å². The van der Waals surface area contributed by atoms with E-state index in [1.54, 1.807) is 6.08 Å². The SMILES string of the molecule is C=CCCCc1cccc(N(C(=O)OC(C)(C)C)c2ncc(Cl)c(N(C)CC=C)n2)c1. The van der Waals surface area contributed by atoms with Crippen LogP contribution in [0.3, 0.4) is 0 Å². The number of aryl methyl sites for hydroxylation is 1. The summed E-state index contributed by atoms with van der Waals surface area (Å²) in [5.41, 5.74) is 1.06. The maximum atomic E-state index is 13.2. The van der Waals surface area contributed by atoms with Crippen LogP contribution in [0.15, 0.2) is 55.8 Å². The van der Waals surface area contributed by atoms with Crippen LogP contribution < -0.4 is 9.80 Å². The Hall–Kier alpha value is -2.86. The lowest BCUT2D eigenvalue weighted by molar-refractivity contribution is 0.0597. The first kappa shape index (κ1) is 24.4. The summed E-state index contributed by atoms with van der Waals surface area (Å²) in [5, 5.41) is 0.385. The molecule has 0 unspecified atom stereocenters. The zero-order valence-electron chi connectivity index (χ0n) is 18.8. The molecule has 1 amide bonds. The highest BCUT2D eigenvalue weighted by Crippen LogP contribution is 2.30. The molecule has 0 saturated carbocycles. The van der Waals surface area contributed by atoms with Gasteiger partial charge in [0.15, 0.2) is 5.82 Å². The lowest BCUT2D eigenvalue weighted by Gasteiger charge is -2.27. The zero-order chi connectivity index (χ0) is 23.0. The highest BCUT2D eigenvalue weighted by Gasteiger charge is 2.28. The summed E-state index contributed by atoms with van der Waals surface area (Å²) in [6, 6.07) is 7.74. The predicted molar refractivity (Wildman–Crippen MR) is 128 cm³/mol. The van der Waals surface area contributed by atoms with E-state index in [9.17, 15) is 4.79 Å². The number of carbonyl (C=O) groups is 1. The van der Waals surface area contributed by atoms with E-state index in [2.05, 4.69) is 23.1 Å². The molecule has 7 heteroatoms. The van der Waals surface area contributed by atoms with Crippen molar-refractivity contribution in [2.24, 2.45) is 0 Å². The highest BCUT2D eigenvalue weighted by molar-refractivity contribution is 6.32. The molecule has 0 radical (unpaired) electrons. The maximum absolute atomic E-state index is 13.2. The molecule has 6 nitrogen and oxygen atoms in total. The number of carbonyl (C=O) groups excluding carboxylic acids is 1. The number of aromatic nitrogens is 2. The second-order valence-electron chi connectivity index (χ2n) is 8.18. The number of allylic oxidation sites excluding steroid dienone is 1. The van der Waals surface area contributed by atoms with Crippen LogP contribution in [0.1, 0.15) is 39.2 Å². The molecule has 0 atom stereocenters. The molecule has 0 aliphatic heterocycles. The van der Waals surface area contributed by atoms with Crippen LogP contribution in [0.5, 0.6) is 0 Å². The third-order valence-corrected chi connectivity index (χ3v) is 4.56. The van der Waals surface area contributed by atoms with Gasteiger partial charge < -0.3 is 9.64 Å². The van der Waals surface area contributed by atoms with Crippen LogP contribution in [0, 0.1) is 0 Å². The van der Waals surface area contributed by atoms with E-state index in [0.717, 1.165) is 24.8 Å². The number of hydrogen-bond donors (Lipinski definition) is 0. The summed E-state index contributed by atoms with van der Waals surface area (Å²) in [6.07, 6.45) is 7.36. The van der Waals surface area contributed by atoms with Crippen molar-refractivity contribution in [3.8, 4) is 0 Å². The number of hydrogen-bond acceptors (Lipinski definition) is 5. The fourth-order valence-corrected chi connectivity index (χ4v) is 3.15. The largest absolute Gasteiger partial charge is 0.443 e. The van der Waals surface area contributed by atoms with Crippen LogP contribution in [0.2, 0.25) is 5.02 Å². The Morgan fingerprint density at radius 3 is 2.65 bits per heavy atom. The fraction of sp³-hybridized carbons (Fsp3) is 0.375. The third-order valence-electron chi connectivity index (χ3n) is 4.30. The van der Waals surface area contributed by atoms with Gasteiger partial charge in [0.05, 0.1) is 11.9 Å². The molecular formula is C24H31ClN4O2. The minimum atomic E-state index is -0.675.